The Kier molecular flexibility index (Phi) is 6.55. The Morgan fingerprint density at radius 2 is 1.96 bits per heavy atom. The van der Waals surface area contributed by atoms with E-state index in [0.29, 0.717) is 5.75 Å². The van der Waals surface area contributed by atoms with Gasteiger partial charge in [0.2, 0.25) is 5.91 Å². The van der Waals surface area contributed by atoms with E-state index in [9.17, 15) is 24.0 Å². The van der Waals surface area contributed by atoms with Gasteiger partial charge in [-0.05, 0) is 18.4 Å². The second-order valence-electron chi connectivity index (χ2n) is 5.77. The summed E-state index contributed by atoms with van der Waals surface area (Å²) in [5.41, 5.74) is -2.29. The highest BCUT2D eigenvalue weighted by molar-refractivity contribution is 7.98. The number of rotatable bonds is 8. The third-order valence-electron chi connectivity index (χ3n) is 3.87. The van der Waals surface area contributed by atoms with Crippen LogP contribution in [0, 0.1) is 0 Å². The van der Waals surface area contributed by atoms with E-state index < -0.39 is 34.7 Å². The molecule has 0 aliphatic heterocycles. The van der Waals surface area contributed by atoms with Crippen molar-refractivity contribution in [3.63, 3.8) is 0 Å². The molecule has 0 fully saturated rings. The number of carbonyl (C=O) groups is 2. The Morgan fingerprint density at radius 1 is 1.26 bits per heavy atom. The lowest BCUT2D eigenvalue weighted by Crippen LogP contribution is -2.41. The summed E-state index contributed by atoms with van der Waals surface area (Å²) < 4.78 is 1.05. The van der Waals surface area contributed by atoms with Crippen LogP contribution in [-0.2, 0) is 23.1 Å². The zero-order valence-corrected chi connectivity index (χ0v) is 15.5. The Morgan fingerprint density at radius 3 is 2.59 bits per heavy atom. The number of nitrogens with zero attached hydrogens (tertiary/aromatic N) is 2. The molecule has 0 aliphatic carbocycles. The number of hydrogen-bond donors (Lipinski definition) is 4. The van der Waals surface area contributed by atoms with Crippen LogP contribution in [0.3, 0.4) is 0 Å². The van der Waals surface area contributed by atoms with Gasteiger partial charge >= 0.3 is 11.7 Å². The average molecular weight is 397 g/mol. The Labute approximate surface area is 156 Å². The van der Waals surface area contributed by atoms with E-state index in [1.54, 1.807) is 0 Å². The first-order valence-corrected chi connectivity index (χ1v) is 9.37. The fourth-order valence-corrected chi connectivity index (χ4v) is 2.85. The number of thioether (sulfide) groups is 1. The molecule has 2 aromatic heterocycles. The summed E-state index contributed by atoms with van der Waals surface area (Å²) >= 11 is 1.46. The van der Waals surface area contributed by atoms with E-state index in [1.807, 2.05) is 6.26 Å². The Hall–Kier alpha value is -2.89. The molecule has 2 heterocycles. The van der Waals surface area contributed by atoms with Crippen molar-refractivity contribution in [1.82, 2.24) is 24.8 Å². The molecule has 1 amide bonds. The molecule has 12 heteroatoms. The van der Waals surface area contributed by atoms with Gasteiger partial charge in [-0.1, -0.05) is 0 Å². The standard InChI is InChI=1S/C15H19N5O6S/c1-20-11-10(13(23)19-15(20)26)17-7(12(22)18-11)3-4-9(21)16-8(14(24)25)5-6-27-2/h8H,3-6H2,1-2H3,(H,16,21)(H,18,22)(H,24,25)(H,19,23,26)/t8-/m1/s1. The monoisotopic (exact) mass is 397 g/mol. The van der Waals surface area contributed by atoms with Crippen LogP contribution in [0.25, 0.3) is 11.2 Å². The molecule has 146 valence electrons. The summed E-state index contributed by atoms with van der Waals surface area (Å²) in [5, 5.41) is 11.5. The summed E-state index contributed by atoms with van der Waals surface area (Å²) in [6.07, 6.45) is 1.85. The summed E-state index contributed by atoms with van der Waals surface area (Å²) in [7, 11) is 1.37. The van der Waals surface area contributed by atoms with Crippen molar-refractivity contribution in [3.05, 3.63) is 36.9 Å². The van der Waals surface area contributed by atoms with Gasteiger partial charge < -0.3 is 15.4 Å². The number of carboxylic acid groups (broad SMARTS) is 1. The maximum atomic E-state index is 12.1. The first kappa shape index (κ1) is 20.4. The van der Waals surface area contributed by atoms with Gasteiger partial charge in [-0.3, -0.25) is 23.9 Å². The maximum Gasteiger partial charge on any atom is 0.329 e. The number of amides is 1. The number of aliphatic carboxylic acids is 1. The zero-order chi connectivity index (χ0) is 20.1. The quantitative estimate of drug-likeness (QED) is 0.420. The normalized spacial score (nSPS) is 12.1. The number of H-pyrrole nitrogens is 2. The van der Waals surface area contributed by atoms with Gasteiger partial charge in [-0.2, -0.15) is 11.8 Å². The van der Waals surface area contributed by atoms with Gasteiger partial charge in [0.05, 0.1) is 0 Å². The third-order valence-corrected chi connectivity index (χ3v) is 4.52. The van der Waals surface area contributed by atoms with Crippen molar-refractivity contribution < 1.29 is 14.7 Å². The first-order chi connectivity index (χ1) is 12.7. The van der Waals surface area contributed by atoms with E-state index in [1.165, 1.54) is 18.8 Å². The van der Waals surface area contributed by atoms with Crippen molar-refractivity contribution >= 4 is 34.8 Å². The molecule has 0 bridgehead atoms. The lowest BCUT2D eigenvalue weighted by Gasteiger charge is -2.13. The summed E-state index contributed by atoms with van der Waals surface area (Å²) in [6, 6.07) is -1.01. The molecule has 0 radical (unpaired) electrons. The van der Waals surface area contributed by atoms with Crippen molar-refractivity contribution in [1.29, 1.82) is 0 Å². The van der Waals surface area contributed by atoms with E-state index in [-0.39, 0.29) is 36.1 Å². The molecule has 0 spiro atoms. The van der Waals surface area contributed by atoms with Crippen molar-refractivity contribution in [2.24, 2.45) is 7.05 Å². The highest BCUT2D eigenvalue weighted by Gasteiger charge is 2.20. The predicted molar refractivity (Wildman–Crippen MR) is 99.1 cm³/mol. The molecule has 0 saturated carbocycles. The second kappa shape index (κ2) is 8.66. The third kappa shape index (κ3) is 4.84. The zero-order valence-electron chi connectivity index (χ0n) is 14.7. The fraction of sp³-hybridized carbons (Fsp3) is 0.467. The Balaban J connectivity index is 2.17. The smallest absolute Gasteiger partial charge is 0.329 e. The molecule has 0 unspecified atom stereocenters. The number of aromatic nitrogens is 4. The number of aryl methyl sites for hydroxylation is 2. The SMILES string of the molecule is CSCC[C@@H](NC(=O)CCc1nc2c(=O)[nH]c(=O)n(C)c2[nH]c1=O)C(=O)O. The molecular weight excluding hydrogens is 378 g/mol. The van der Waals surface area contributed by atoms with E-state index in [2.05, 4.69) is 20.3 Å². The Bertz CT molecular complexity index is 1040. The molecule has 0 aromatic carbocycles. The van der Waals surface area contributed by atoms with Gasteiger partial charge in [-0.15, -0.1) is 0 Å². The lowest BCUT2D eigenvalue weighted by molar-refractivity contribution is -0.141. The highest BCUT2D eigenvalue weighted by atomic mass is 32.2. The number of nitrogens with one attached hydrogen (secondary N) is 3. The molecule has 4 N–H and O–H groups in total. The van der Waals surface area contributed by atoms with Gasteiger partial charge in [0.1, 0.15) is 17.4 Å². The number of hydrogen-bond acceptors (Lipinski definition) is 7. The van der Waals surface area contributed by atoms with Crippen molar-refractivity contribution in [3.8, 4) is 0 Å². The molecule has 11 nitrogen and oxygen atoms in total. The average Bonchev–Trinajstić information content (AvgIpc) is 2.61. The molecule has 1 atom stereocenters. The molecule has 0 aliphatic rings. The molecule has 0 saturated heterocycles. The van der Waals surface area contributed by atoms with Crippen LogP contribution >= 0.6 is 11.8 Å². The van der Waals surface area contributed by atoms with Crippen molar-refractivity contribution in [2.45, 2.75) is 25.3 Å². The minimum Gasteiger partial charge on any atom is -0.480 e. The number of carbonyl (C=O) groups excluding carboxylic acids is 1. The number of carboxylic acids is 1. The van der Waals surface area contributed by atoms with Crippen LogP contribution in [0.2, 0.25) is 0 Å². The highest BCUT2D eigenvalue weighted by Crippen LogP contribution is 2.03. The largest absolute Gasteiger partial charge is 0.480 e. The molecule has 2 rings (SSSR count). The maximum absolute atomic E-state index is 12.1. The van der Waals surface area contributed by atoms with Gasteiger partial charge in [0, 0.05) is 19.9 Å². The summed E-state index contributed by atoms with van der Waals surface area (Å²) in [4.78, 5) is 67.2. The minimum atomic E-state index is -1.13. The summed E-state index contributed by atoms with van der Waals surface area (Å²) in [5.74, 6) is -1.10. The molecular formula is C15H19N5O6S. The van der Waals surface area contributed by atoms with Gasteiger partial charge in [0.25, 0.3) is 11.1 Å². The molecule has 2 aromatic rings. The lowest BCUT2D eigenvalue weighted by atomic mass is 10.2. The second-order valence-corrected chi connectivity index (χ2v) is 6.75. The minimum absolute atomic E-state index is 0.0232. The summed E-state index contributed by atoms with van der Waals surface area (Å²) in [6.45, 7) is 0. The fourth-order valence-electron chi connectivity index (χ4n) is 2.38. The first-order valence-electron chi connectivity index (χ1n) is 7.98. The van der Waals surface area contributed by atoms with E-state index in [0.717, 1.165) is 4.57 Å². The number of aromatic amines is 2. The van der Waals surface area contributed by atoms with Crippen LogP contribution < -0.4 is 22.1 Å². The van der Waals surface area contributed by atoms with E-state index in [4.69, 9.17) is 5.11 Å². The van der Waals surface area contributed by atoms with Gasteiger partial charge in [0.15, 0.2) is 5.52 Å². The van der Waals surface area contributed by atoms with Crippen LogP contribution in [0.5, 0.6) is 0 Å². The van der Waals surface area contributed by atoms with E-state index >= 15 is 0 Å². The van der Waals surface area contributed by atoms with Crippen molar-refractivity contribution in [2.75, 3.05) is 12.0 Å². The van der Waals surface area contributed by atoms with Crippen LogP contribution in [0.15, 0.2) is 14.4 Å². The van der Waals surface area contributed by atoms with Gasteiger partial charge in [-0.25, -0.2) is 14.6 Å². The van der Waals surface area contributed by atoms with Crippen LogP contribution in [0.1, 0.15) is 18.5 Å². The van der Waals surface area contributed by atoms with Crippen LogP contribution in [0.4, 0.5) is 0 Å². The predicted octanol–water partition coefficient (Wildman–Crippen LogP) is -1.43. The van der Waals surface area contributed by atoms with Crippen LogP contribution in [-0.4, -0.2) is 54.6 Å². The topological polar surface area (TPSA) is 167 Å². The molecule has 27 heavy (non-hydrogen) atoms. The number of fused-ring (bicyclic) bond motifs is 1.